The number of halogens is 1. The van der Waals surface area contributed by atoms with Crippen LogP contribution in [0.1, 0.15) is 37.0 Å². The predicted molar refractivity (Wildman–Crippen MR) is 70.2 cm³/mol. The summed E-state index contributed by atoms with van der Waals surface area (Å²) in [6.07, 6.45) is 2.57. The molecular formula is C13H16BrNO. The van der Waals surface area contributed by atoms with Gasteiger partial charge in [-0.2, -0.15) is 0 Å². The Labute approximate surface area is 105 Å². The van der Waals surface area contributed by atoms with E-state index in [1.807, 2.05) is 18.2 Å². The Morgan fingerprint density at radius 2 is 2.19 bits per heavy atom. The van der Waals surface area contributed by atoms with Crippen LogP contribution in [-0.4, -0.2) is 18.4 Å². The second-order valence-corrected chi connectivity index (χ2v) is 5.09. The highest BCUT2D eigenvalue weighted by Gasteiger charge is 2.29. The van der Waals surface area contributed by atoms with Gasteiger partial charge in [-0.3, -0.25) is 4.79 Å². The van der Waals surface area contributed by atoms with Crippen LogP contribution < -0.4 is 4.90 Å². The highest BCUT2D eigenvalue weighted by atomic mass is 79.9. The van der Waals surface area contributed by atoms with Crippen LogP contribution in [0.3, 0.4) is 0 Å². The topological polar surface area (TPSA) is 20.3 Å². The molecule has 1 aliphatic rings. The van der Waals surface area contributed by atoms with E-state index < -0.39 is 0 Å². The molecule has 0 bridgehead atoms. The van der Waals surface area contributed by atoms with E-state index in [1.54, 1.807) is 6.92 Å². The molecule has 0 amide bonds. The minimum atomic E-state index is 0.113. The molecule has 3 heteroatoms. The first kappa shape index (κ1) is 11.6. The molecule has 2 rings (SSSR count). The van der Waals surface area contributed by atoms with Crippen molar-refractivity contribution < 1.29 is 4.79 Å². The number of ketones is 1. The number of benzene rings is 1. The number of carbonyl (C=O) groups excluding carboxylic acids is 1. The first-order valence-corrected chi connectivity index (χ1v) is 6.50. The zero-order valence-electron chi connectivity index (χ0n) is 9.66. The molecule has 1 aromatic carbocycles. The number of Topliss-reactive ketones (excluding diaryl/α,β-unsaturated/α-hetero) is 1. The zero-order chi connectivity index (χ0) is 11.7. The molecule has 0 saturated heterocycles. The first-order chi connectivity index (χ1) is 7.63. The number of nitrogens with zero attached hydrogens (tertiary/aromatic N) is 1. The van der Waals surface area contributed by atoms with Crippen LogP contribution >= 0.6 is 15.9 Å². The van der Waals surface area contributed by atoms with E-state index in [2.05, 4.69) is 27.8 Å². The maximum absolute atomic E-state index is 11.3. The van der Waals surface area contributed by atoms with Gasteiger partial charge in [-0.15, -0.1) is 0 Å². The quantitative estimate of drug-likeness (QED) is 0.786. The molecule has 0 atom stereocenters. The van der Waals surface area contributed by atoms with Crippen molar-refractivity contribution in [1.29, 1.82) is 0 Å². The van der Waals surface area contributed by atoms with Gasteiger partial charge >= 0.3 is 0 Å². The van der Waals surface area contributed by atoms with Crippen LogP contribution in [0.5, 0.6) is 0 Å². The molecule has 1 saturated carbocycles. The second kappa shape index (κ2) is 4.58. The summed E-state index contributed by atoms with van der Waals surface area (Å²) in [5.41, 5.74) is 1.97. The summed E-state index contributed by atoms with van der Waals surface area (Å²) in [7, 11) is 0. The Hall–Kier alpha value is -0.830. The third-order valence-corrected chi connectivity index (χ3v) is 3.63. The third kappa shape index (κ3) is 2.29. The number of carbonyl (C=O) groups is 1. The lowest BCUT2D eigenvalue weighted by Crippen LogP contribution is -2.25. The Morgan fingerprint density at radius 1 is 1.50 bits per heavy atom. The highest BCUT2D eigenvalue weighted by Crippen LogP contribution is 2.35. The summed E-state index contributed by atoms with van der Waals surface area (Å²) >= 11 is 3.56. The van der Waals surface area contributed by atoms with Crippen molar-refractivity contribution in [2.24, 2.45) is 0 Å². The van der Waals surface area contributed by atoms with E-state index in [9.17, 15) is 4.79 Å². The van der Waals surface area contributed by atoms with Gasteiger partial charge in [0, 0.05) is 22.6 Å². The fourth-order valence-corrected chi connectivity index (χ4v) is 2.58. The van der Waals surface area contributed by atoms with Crippen LogP contribution in [0.2, 0.25) is 0 Å². The van der Waals surface area contributed by atoms with Crippen molar-refractivity contribution >= 4 is 27.4 Å². The molecule has 0 radical (unpaired) electrons. The molecule has 1 aromatic rings. The lowest BCUT2D eigenvalue weighted by molar-refractivity contribution is 0.101. The lowest BCUT2D eigenvalue weighted by Gasteiger charge is -2.24. The standard InChI is InChI=1S/C13H16BrNO/c1-3-15(11-5-6-11)13-7-4-10(9(2)16)8-12(13)14/h4,7-8,11H,3,5-6H2,1-2H3. The summed E-state index contributed by atoms with van der Waals surface area (Å²) in [6.45, 7) is 4.78. The molecular weight excluding hydrogens is 266 g/mol. The zero-order valence-corrected chi connectivity index (χ0v) is 11.3. The predicted octanol–water partition coefficient (Wildman–Crippen LogP) is 3.64. The monoisotopic (exact) mass is 281 g/mol. The van der Waals surface area contributed by atoms with E-state index in [0.29, 0.717) is 6.04 Å². The van der Waals surface area contributed by atoms with Crippen molar-refractivity contribution in [3.05, 3.63) is 28.2 Å². The summed E-state index contributed by atoms with van der Waals surface area (Å²) < 4.78 is 1.02. The molecule has 0 spiro atoms. The van der Waals surface area contributed by atoms with Crippen LogP contribution in [0.25, 0.3) is 0 Å². The molecule has 0 aromatic heterocycles. The van der Waals surface area contributed by atoms with Crippen molar-refractivity contribution in [3.8, 4) is 0 Å². The van der Waals surface area contributed by atoms with Crippen molar-refractivity contribution in [3.63, 3.8) is 0 Å². The lowest BCUT2D eigenvalue weighted by atomic mass is 10.1. The number of hydrogen-bond donors (Lipinski definition) is 0. The third-order valence-electron chi connectivity index (χ3n) is 2.99. The summed E-state index contributed by atoms with van der Waals surface area (Å²) in [5.74, 6) is 0.113. The first-order valence-electron chi connectivity index (χ1n) is 5.70. The maximum atomic E-state index is 11.3. The minimum absolute atomic E-state index is 0.113. The SMILES string of the molecule is CCN(c1ccc(C(C)=O)cc1Br)C1CC1. The van der Waals surface area contributed by atoms with Gasteiger partial charge in [0.1, 0.15) is 0 Å². The van der Waals surface area contributed by atoms with Crippen LogP contribution in [0.4, 0.5) is 5.69 Å². The average molecular weight is 282 g/mol. The van der Waals surface area contributed by atoms with E-state index in [4.69, 9.17) is 0 Å². The van der Waals surface area contributed by atoms with Crippen molar-refractivity contribution in [1.82, 2.24) is 0 Å². The summed E-state index contributed by atoms with van der Waals surface area (Å²) in [4.78, 5) is 13.7. The molecule has 16 heavy (non-hydrogen) atoms. The summed E-state index contributed by atoms with van der Waals surface area (Å²) in [5, 5.41) is 0. The smallest absolute Gasteiger partial charge is 0.159 e. The molecule has 1 fully saturated rings. The van der Waals surface area contributed by atoms with Crippen LogP contribution in [0.15, 0.2) is 22.7 Å². The Morgan fingerprint density at radius 3 is 2.62 bits per heavy atom. The molecule has 1 aliphatic carbocycles. The van der Waals surface area contributed by atoms with Gasteiger partial charge in [0.2, 0.25) is 0 Å². The Balaban J connectivity index is 2.30. The Kier molecular flexibility index (Phi) is 3.33. The molecule has 0 unspecified atom stereocenters. The normalized spacial score (nSPS) is 14.9. The number of hydrogen-bond acceptors (Lipinski definition) is 2. The van der Waals surface area contributed by atoms with Crippen molar-refractivity contribution in [2.75, 3.05) is 11.4 Å². The number of anilines is 1. The van der Waals surface area contributed by atoms with Crippen LogP contribution in [-0.2, 0) is 0 Å². The van der Waals surface area contributed by atoms with E-state index in [1.165, 1.54) is 18.5 Å². The fourth-order valence-electron chi connectivity index (χ4n) is 1.97. The molecule has 0 N–H and O–H groups in total. The van der Waals surface area contributed by atoms with Gasteiger partial charge in [-0.05, 0) is 60.8 Å². The maximum Gasteiger partial charge on any atom is 0.159 e. The van der Waals surface area contributed by atoms with E-state index in [-0.39, 0.29) is 5.78 Å². The van der Waals surface area contributed by atoms with E-state index >= 15 is 0 Å². The largest absolute Gasteiger partial charge is 0.368 e. The minimum Gasteiger partial charge on any atom is -0.368 e. The summed E-state index contributed by atoms with van der Waals surface area (Å²) in [6, 6.07) is 6.57. The van der Waals surface area contributed by atoms with Gasteiger partial charge in [-0.1, -0.05) is 0 Å². The van der Waals surface area contributed by atoms with Gasteiger partial charge in [0.25, 0.3) is 0 Å². The van der Waals surface area contributed by atoms with Crippen molar-refractivity contribution in [2.45, 2.75) is 32.7 Å². The fraction of sp³-hybridized carbons (Fsp3) is 0.462. The molecule has 0 aliphatic heterocycles. The van der Waals surface area contributed by atoms with Gasteiger partial charge in [-0.25, -0.2) is 0 Å². The van der Waals surface area contributed by atoms with Crippen LogP contribution in [0, 0.1) is 0 Å². The van der Waals surface area contributed by atoms with Gasteiger partial charge < -0.3 is 4.90 Å². The average Bonchev–Trinajstić information content (AvgIpc) is 3.05. The number of rotatable bonds is 4. The van der Waals surface area contributed by atoms with Gasteiger partial charge in [0.05, 0.1) is 5.69 Å². The molecule has 2 nitrogen and oxygen atoms in total. The highest BCUT2D eigenvalue weighted by molar-refractivity contribution is 9.10. The second-order valence-electron chi connectivity index (χ2n) is 4.24. The van der Waals surface area contributed by atoms with E-state index in [0.717, 1.165) is 16.6 Å². The molecule has 86 valence electrons. The Bertz CT molecular complexity index is 412. The van der Waals surface area contributed by atoms with Gasteiger partial charge in [0.15, 0.2) is 5.78 Å². The molecule has 0 heterocycles.